The van der Waals surface area contributed by atoms with Crippen LogP contribution in [0.2, 0.25) is 0 Å². The molecule has 0 radical (unpaired) electrons. The van der Waals surface area contributed by atoms with Crippen molar-refractivity contribution in [2.45, 2.75) is 26.3 Å². The zero-order valence-corrected chi connectivity index (χ0v) is 14.4. The summed E-state index contributed by atoms with van der Waals surface area (Å²) in [6, 6.07) is 0.437. The van der Waals surface area contributed by atoms with E-state index in [9.17, 15) is 13.2 Å². The summed E-state index contributed by atoms with van der Waals surface area (Å²) >= 11 is 0. The molecule has 7 nitrogen and oxygen atoms in total. The summed E-state index contributed by atoms with van der Waals surface area (Å²) in [7, 11) is -3.39. The largest absolute Gasteiger partial charge is 0.342 e. The molecule has 0 aromatic rings. The first-order chi connectivity index (χ1) is 10.3. The summed E-state index contributed by atoms with van der Waals surface area (Å²) in [5.74, 6) is 0.672. The number of carbonyl (C=O) groups is 1. The van der Waals surface area contributed by atoms with Crippen LogP contribution in [0.1, 0.15) is 20.3 Å². The van der Waals surface area contributed by atoms with Crippen LogP contribution in [0.5, 0.6) is 0 Å². The van der Waals surface area contributed by atoms with E-state index < -0.39 is 10.0 Å². The highest BCUT2D eigenvalue weighted by molar-refractivity contribution is 7.89. The molecule has 2 saturated heterocycles. The lowest BCUT2D eigenvalue weighted by atomic mass is 10.0. The number of primary sulfonamides is 1. The number of amides is 1. The maximum absolute atomic E-state index is 11.5. The number of sulfonamides is 1. The average molecular weight is 332 g/mol. The number of nitrogens with two attached hydrogens (primary N) is 1. The first-order valence-corrected chi connectivity index (χ1v) is 9.70. The van der Waals surface area contributed by atoms with Gasteiger partial charge >= 0.3 is 0 Å². The molecule has 2 aliphatic heterocycles. The predicted molar refractivity (Wildman–Crippen MR) is 85.8 cm³/mol. The van der Waals surface area contributed by atoms with E-state index in [0.717, 1.165) is 45.7 Å². The highest BCUT2D eigenvalue weighted by Crippen LogP contribution is 2.23. The van der Waals surface area contributed by atoms with Gasteiger partial charge in [0.05, 0.1) is 5.75 Å². The van der Waals surface area contributed by atoms with Gasteiger partial charge in [-0.2, -0.15) is 0 Å². The molecule has 2 rings (SSSR count). The molecular formula is C14H28N4O3S. The third-order valence-corrected chi connectivity index (χ3v) is 5.54. The van der Waals surface area contributed by atoms with Crippen LogP contribution in [0, 0.1) is 5.92 Å². The maximum atomic E-state index is 11.5. The van der Waals surface area contributed by atoms with E-state index in [2.05, 4.69) is 16.7 Å². The molecule has 2 atom stereocenters. The summed E-state index contributed by atoms with van der Waals surface area (Å²) in [4.78, 5) is 18.1. The van der Waals surface area contributed by atoms with Crippen molar-refractivity contribution in [1.82, 2.24) is 14.7 Å². The monoisotopic (exact) mass is 332 g/mol. The van der Waals surface area contributed by atoms with Crippen molar-refractivity contribution in [2.75, 3.05) is 51.6 Å². The van der Waals surface area contributed by atoms with Crippen molar-refractivity contribution in [3.8, 4) is 0 Å². The van der Waals surface area contributed by atoms with Crippen molar-refractivity contribution < 1.29 is 13.2 Å². The Bertz CT molecular complexity index is 496. The van der Waals surface area contributed by atoms with Gasteiger partial charge in [-0.3, -0.25) is 9.69 Å². The number of likely N-dealkylation sites (tertiary alicyclic amines) is 1. The fourth-order valence-corrected chi connectivity index (χ4v) is 4.06. The smallest absolute Gasteiger partial charge is 0.219 e. The predicted octanol–water partition coefficient (Wildman–Crippen LogP) is -0.851. The Morgan fingerprint density at radius 1 is 1.18 bits per heavy atom. The van der Waals surface area contributed by atoms with Crippen LogP contribution in [0.3, 0.4) is 0 Å². The standard InChI is InChI=1S/C14H28N4O3S/c1-12-10-16(8-9-22(15,20)21)11-14(12)18-5-3-4-17(6-7-18)13(2)19/h12,14H,3-11H2,1-2H3,(H2,15,20,21)/t12-,14+/m0/s1. The topological polar surface area (TPSA) is 86.9 Å². The van der Waals surface area contributed by atoms with Crippen LogP contribution in [0.25, 0.3) is 0 Å². The van der Waals surface area contributed by atoms with Crippen molar-refractivity contribution in [1.29, 1.82) is 0 Å². The Balaban J connectivity index is 1.88. The minimum absolute atomic E-state index is 0.0184. The number of hydrogen-bond donors (Lipinski definition) is 1. The summed E-state index contributed by atoms with van der Waals surface area (Å²) in [5.41, 5.74) is 0. The van der Waals surface area contributed by atoms with Gasteiger partial charge in [0, 0.05) is 58.8 Å². The van der Waals surface area contributed by atoms with Gasteiger partial charge in [-0.1, -0.05) is 6.92 Å². The van der Waals surface area contributed by atoms with Crippen molar-refractivity contribution in [3.63, 3.8) is 0 Å². The Labute approximate surface area is 133 Å². The first kappa shape index (κ1) is 17.7. The molecule has 128 valence electrons. The van der Waals surface area contributed by atoms with Crippen LogP contribution in [0.15, 0.2) is 0 Å². The van der Waals surface area contributed by atoms with E-state index >= 15 is 0 Å². The van der Waals surface area contributed by atoms with Gasteiger partial charge in [0.25, 0.3) is 0 Å². The molecular weight excluding hydrogens is 304 g/mol. The van der Waals surface area contributed by atoms with Gasteiger partial charge in [-0.15, -0.1) is 0 Å². The quantitative estimate of drug-likeness (QED) is 0.725. The summed E-state index contributed by atoms with van der Waals surface area (Å²) in [5, 5.41) is 5.09. The molecule has 0 aliphatic carbocycles. The third kappa shape index (κ3) is 4.91. The van der Waals surface area contributed by atoms with Gasteiger partial charge in [0.2, 0.25) is 15.9 Å². The lowest BCUT2D eigenvalue weighted by Gasteiger charge is -2.30. The highest BCUT2D eigenvalue weighted by Gasteiger charge is 2.34. The Morgan fingerprint density at radius 3 is 2.55 bits per heavy atom. The summed E-state index contributed by atoms with van der Waals surface area (Å²) in [6.45, 7) is 9.67. The maximum Gasteiger partial charge on any atom is 0.219 e. The van der Waals surface area contributed by atoms with Gasteiger partial charge < -0.3 is 9.80 Å². The number of rotatable bonds is 4. The van der Waals surface area contributed by atoms with E-state index in [1.165, 1.54) is 0 Å². The average Bonchev–Trinajstić information content (AvgIpc) is 2.63. The molecule has 2 fully saturated rings. The second kappa shape index (κ2) is 7.25. The van der Waals surface area contributed by atoms with E-state index in [1.807, 2.05) is 4.90 Å². The molecule has 22 heavy (non-hydrogen) atoms. The number of carbonyl (C=O) groups excluding carboxylic acids is 1. The molecule has 2 N–H and O–H groups in total. The van der Waals surface area contributed by atoms with Gasteiger partial charge in [-0.25, -0.2) is 13.6 Å². The summed E-state index contributed by atoms with van der Waals surface area (Å²) < 4.78 is 22.2. The normalized spacial score (nSPS) is 28.8. The lowest BCUT2D eigenvalue weighted by molar-refractivity contribution is -0.128. The molecule has 0 aromatic carbocycles. The molecule has 8 heteroatoms. The zero-order valence-electron chi connectivity index (χ0n) is 13.6. The fourth-order valence-electron chi connectivity index (χ4n) is 3.55. The third-order valence-electron chi connectivity index (χ3n) is 4.79. The Hall–Kier alpha value is -0.700. The van der Waals surface area contributed by atoms with Crippen LogP contribution >= 0.6 is 0 Å². The molecule has 2 heterocycles. The second-order valence-electron chi connectivity index (χ2n) is 6.57. The fraction of sp³-hybridized carbons (Fsp3) is 0.929. The minimum atomic E-state index is -3.39. The summed E-state index contributed by atoms with van der Waals surface area (Å²) in [6.07, 6.45) is 1.000. The highest BCUT2D eigenvalue weighted by atomic mass is 32.2. The molecule has 0 aromatic heterocycles. The SMILES string of the molecule is CC(=O)N1CCCN([C@@H]2CN(CCS(N)(=O)=O)C[C@@H]2C)CC1. The zero-order chi connectivity index (χ0) is 16.3. The van der Waals surface area contributed by atoms with Crippen LogP contribution < -0.4 is 5.14 Å². The first-order valence-electron chi connectivity index (χ1n) is 7.98. The van der Waals surface area contributed by atoms with Gasteiger partial charge in [-0.05, 0) is 12.3 Å². The Morgan fingerprint density at radius 2 is 1.91 bits per heavy atom. The van der Waals surface area contributed by atoms with Gasteiger partial charge in [0.15, 0.2) is 0 Å². The van der Waals surface area contributed by atoms with Crippen LogP contribution in [0.4, 0.5) is 0 Å². The molecule has 1 amide bonds. The molecule has 0 unspecified atom stereocenters. The van der Waals surface area contributed by atoms with Crippen LogP contribution in [-0.4, -0.2) is 86.6 Å². The molecule has 0 bridgehead atoms. The Kier molecular flexibility index (Phi) is 5.81. The second-order valence-corrected chi connectivity index (χ2v) is 8.30. The van der Waals surface area contributed by atoms with Crippen molar-refractivity contribution in [2.24, 2.45) is 11.1 Å². The minimum Gasteiger partial charge on any atom is -0.342 e. The van der Waals surface area contributed by atoms with E-state index in [-0.39, 0.29) is 11.7 Å². The van der Waals surface area contributed by atoms with Gasteiger partial charge in [0.1, 0.15) is 0 Å². The number of nitrogens with zero attached hydrogens (tertiary/aromatic N) is 3. The molecule has 0 spiro atoms. The van der Waals surface area contributed by atoms with E-state index in [1.54, 1.807) is 6.92 Å². The number of hydrogen-bond acceptors (Lipinski definition) is 5. The molecule has 0 saturated carbocycles. The van der Waals surface area contributed by atoms with Crippen LogP contribution in [-0.2, 0) is 14.8 Å². The van der Waals surface area contributed by atoms with E-state index in [0.29, 0.717) is 18.5 Å². The van der Waals surface area contributed by atoms with Crippen molar-refractivity contribution >= 4 is 15.9 Å². The van der Waals surface area contributed by atoms with E-state index in [4.69, 9.17) is 5.14 Å². The molecule has 2 aliphatic rings. The lowest BCUT2D eigenvalue weighted by Crippen LogP contribution is -2.43. The van der Waals surface area contributed by atoms with Crippen molar-refractivity contribution in [3.05, 3.63) is 0 Å².